The van der Waals surface area contributed by atoms with E-state index in [1.165, 1.54) is 31.3 Å². The van der Waals surface area contributed by atoms with Crippen LogP contribution in [0.3, 0.4) is 0 Å². The van der Waals surface area contributed by atoms with Crippen LogP contribution in [0.2, 0.25) is 0 Å². The maximum atomic E-state index is 4.22. The van der Waals surface area contributed by atoms with Crippen LogP contribution in [-0.4, -0.2) is 9.97 Å². The number of rotatable bonds is 1. The molecule has 0 saturated carbocycles. The molecule has 0 unspecified atom stereocenters. The van der Waals surface area contributed by atoms with Crippen LogP contribution in [0, 0.1) is 0 Å². The molecule has 2 heteroatoms. The number of nitrogens with zero attached hydrogens (tertiary/aromatic N) is 2. The second-order valence-corrected chi connectivity index (χ2v) is 3.07. The van der Waals surface area contributed by atoms with Gasteiger partial charge in [-0.1, -0.05) is 6.08 Å². The lowest BCUT2D eigenvalue weighted by molar-refractivity contribution is 0.739. The summed E-state index contributed by atoms with van der Waals surface area (Å²) in [7, 11) is 0. The Bertz CT molecular complexity index is 277. The molecule has 1 aliphatic carbocycles. The van der Waals surface area contributed by atoms with Crippen LogP contribution in [0.15, 0.2) is 24.7 Å². The summed E-state index contributed by atoms with van der Waals surface area (Å²) in [5.74, 6) is 0. The molecule has 0 N–H and O–H groups in total. The van der Waals surface area contributed by atoms with Crippen LogP contribution < -0.4 is 0 Å². The Morgan fingerprint density at radius 2 is 2.25 bits per heavy atom. The van der Waals surface area contributed by atoms with Crippen molar-refractivity contribution in [3.05, 3.63) is 30.4 Å². The summed E-state index contributed by atoms with van der Waals surface area (Å²) in [6, 6.07) is 1.98. The maximum Gasteiger partial charge on any atom is 0.116 e. The zero-order chi connectivity index (χ0) is 8.23. The summed E-state index contributed by atoms with van der Waals surface area (Å²) >= 11 is 0. The van der Waals surface area contributed by atoms with Gasteiger partial charge in [0.25, 0.3) is 0 Å². The van der Waals surface area contributed by atoms with Crippen molar-refractivity contribution in [2.75, 3.05) is 0 Å². The summed E-state index contributed by atoms with van der Waals surface area (Å²) in [5, 5.41) is 0. The molecule has 1 aromatic heterocycles. The fourth-order valence-corrected chi connectivity index (χ4v) is 1.55. The Morgan fingerprint density at radius 3 is 2.92 bits per heavy atom. The largest absolute Gasteiger partial charge is 0.245 e. The Hall–Kier alpha value is -1.18. The van der Waals surface area contributed by atoms with E-state index >= 15 is 0 Å². The highest BCUT2D eigenvalue weighted by molar-refractivity contribution is 5.62. The van der Waals surface area contributed by atoms with Crippen LogP contribution in [-0.2, 0) is 0 Å². The lowest BCUT2D eigenvalue weighted by Crippen LogP contribution is -1.94. The molecule has 62 valence electrons. The summed E-state index contributed by atoms with van der Waals surface area (Å²) in [5.41, 5.74) is 2.49. The first kappa shape index (κ1) is 7.47. The quantitative estimate of drug-likeness (QED) is 0.630. The van der Waals surface area contributed by atoms with Gasteiger partial charge < -0.3 is 0 Å². The zero-order valence-electron chi connectivity index (χ0n) is 7.03. The molecule has 2 nitrogen and oxygen atoms in total. The molecule has 0 radical (unpaired) electrons. The highest BCUT2D eigenvalue weighted by atomic mass is 14.8. The van der Waals surface area contributed by atoms with E-state index in [0.717, 1.165) is 5.69 Å². The van der Waals surface area contributed by atoms with Gasteiger partial charge in [-0.05, 0) is 37.3 Å². The third kappa shape index (κ3) is 1.52. The molecule has 0 fully saturated rings. The number of allylic oxidation sites excluding steroid dienone is 2. The third-order valence-electron chi connectivity index (χ3n) is 2.20. The Balaban J connectivity index is 2.24. The van der Waals surface area contributed by atoms with E-state index in [1.54, 1.807) is 12.5 Å². The fourth-order valence-electron chi connectivity index (χ4n) is 1.55. The van der Waals surface area contributed by atoms with E-state index < -0.39 is 0 Å². The molecule has 0 spiro atoms. The number of hydrogen-bond acceptors (Lipinski definition) is 2. The van der Waals surface area contributed by atoms with Gasteiger partial charge in [-0.3, -0.25) is 0 Å². The molecule has 0 atom stereocenters. The molecule has 1 heterocycles. The van der Waals surface area contributed by atoms with Crippen molar-refractivity contribution in [3.63, 3.8) is 0 Å². The van der Waals surface area contributed by atoms with Gasteiger partial charge >= 0.3 is 0 Å². The topological polar surface area (TPSA) is 25.8 Å². The van der Waals surface area contributed by atoms with Crippen molar-refractivity contribution in [2.24, 2.45) is 0 Å². The Kier molecular flexibility index (Phi) is 2.16. The monoisotopic (exact) mass is 160 g/mol. The summed E-state index contributed by atoms with van der Waals surface area (Å²) in [6.45, 7) is 0. The molecular weight excluding hydrogens is 148 g/mol. The Labute approximate surface area is 72.4 Å². The highest BCUT2D eigenvalue weighted by Crippen LogP contribution is 2.24. The van der Waals surface area contributed by atoms with Gasteiger partial charge in [0.2, 0.25) is 0 Å². The number of hydrogen-bond donors (Lipinski definition) is 0. The van der Waals surface area contributed by atoms with Crippen molar-refractivity contribution >= 4 is 5.57 Å². The van der Waals surface area contributed by atoms with Crippen LogP contribution >= 0.6 is 0 Å². The van der Waals surface area contributed by atoms with Crippen molar-refractivity contribution in [1.82, 2.24) is 9.97 Å². The van der Waals surface area contributed by atoms with E-state index in [4.69, 9.17) is 0 Å². The summed E-state index contributed by atoms with van der Waals surface area (Å²) < 4.78 is 0. The minimum atomic E-state index is 1.10. The van der Waals surface area contributed by atoms with Gasteiger partial charge in [0.05, 0.1) is 5.69 Å². The van der Waals surface area contributed by atoms with E-state index in [9.17, 15) is 0 Å². The van der Waals surface area contributed by atoms with Gasteiger partial charge in [-0.25, -0.2) is 9.97 Å². The summed E-state index contributed by atoms with van der Waals surface area (Å²) in [4.78, 5) is 8.12. The molecule has 2 rings (SSSR count). The van der Waals surface area contributed by atoms with Crippen molar-refractivity contribution in [1.29, 1.82) is 0 Å². The molecule has 0 amide bonds. The number of aromatic nitrogens is 2. The zero-order valence-corrected chi connectivity index (χ0v) is 7.03. The SMILES string of the molecule is C1=C(c2ccncn2)CCCC1. The predicted molar refractivity (Wildman–Crippen MR) is 48.5 cm³/mol. The molecule has 0 saturated heterocycles. The summed E-state index contributed by atoms with van der Waals surface area (Å²) in [6.07, 6.45) is 10.7. The Morgan fingerprint density at radius 1 is 1.25 bits per heavy atom. The normalized spacial score (nSPS) is 17.2. The highest BCUT2D eigenvalue weighted by Gasteiger charge is 2.05. The van der Waals surface area contributed by atoms with Crippen LogP contribution in [0.25, 0.3) is 5.57 Å². The van der Waals surface area contributed by atoms with E-state index in [-0.39, 0.29) is 0 Å². The molecule has 0 aliphatic heterocycles. The minimum Gasteiger partial charge on any atom is -0.245 e. The standard InChI is InChI=1S/C10H12N2/c1-2-4-9(5-3-1)10-6-7-11-8-12-10/h4,6-8H,1-3,5H2. The van der Waals surface area contributed by atoms with Gasteiger partial charge in [0.1, 0.15) is 6.33 Å². The smallest absolute Gasteiger partial charge is 0.116 e. The first-order valence-corrected chi connectivity index (χ1v) is 4.42. The average molecular weight is 160 g/mol. The van der Waals surface area contributed by atoms with E-state index in [1.807, 2.05) is 6.07 Å². The van der Waals surface area contributed by atoms with Crippen molar-refractivity contribution in [3.8, 4) is 0 Å². The molecule has 12 heavy (non-hydrogen) atoms. The van der Waals surface area contributed by atoms with Crippen LogP contribution in [0.5, 0.6) is 0 Å². The maximum absolute atomic E-state index is 4.22. The molecule has 1 aromatic rings. The van der Waals surface area contributed by atoms with E-state index in [2.05, 4.69) is 16.0 Å². The van der Waals surface area contributed by atoms with Gasteiger partial charge in [0.15, 0.2) is 0 Å². The van der Waals surface area contributed by atoms with Gasteiger partial charge in [-0.2, -0.15) is 0 Å². The first-order valence-electron chi connectivity index (χ1n) is 4.42. The molecule has 1 aliphatic rings. The minimum absolute atomic E-state index is 1.10. The molecule has 0 aromatic carbocycles. The molecular formula is C10H12N2. The van der Waals surface area contributed by atoms with Gasteiger partial charge in [0, 0.05) is 6.20 Å². The second kappa shape index (κ2) is 3.48. The fraction of sp³-hybridized carbons (Fsp3) is 0.400. The van der Waals surface area contributed by atoms with Crippen molar-refractivity contribution in [2.45, 2.75) is 25.7 Å². The van der Waals surface area contributed by atoms with Crippen molar-refractivity contribution < 1.29 is 0 Å². The lowest BCUT2D eigenvalue weighted by Gasteiger charge is -2.10. The predicted octanol–water partition coefficient (Wildman–Crippen LogP) is 2.43. The van der Waals surface area contributed by atoms with E-state index in [0.29, 0.717) is 0 Å². The second-order valence-electron chi connectivity index (χ2n) is 3.07. The van der Waals surface area contributed by atoms with Crippen LogP contribution in [0.1, 0.15) is 31.4 Å². The first-order chi connectivity index (χ1) is 5.97. The van der Waals surface area contributed by atoms with Gasteiger partial charge in [-0.15, -0.1) is 0 Å². The lowest BCUT2D eigenvalue weighted by atomic mass is 9.97. The molecule has 0 bridgehead atoms. The van der Waals surface area contributed by atoms with Crippen LogP contribution in [0.4, 0.5) is 0 Å². The third-order valence-corrected chi connectivity index (χ3v) is 2.20. The average Bonchev–Trinajstić information content (AvgIpc) is 2.21.